The molecule has 1 aromatic rings. The zero-order valence-electron chi connectivity index (χ0n) is 6.90. The molecule has 0 saturated carbocycles. The minimum absolute atomic E-state index is 0.158. The first-order valence-electron chi connectivity index (χ1n) is 3.88. The Balaban J connectivity index is 2.39. The second kappa shape index (κ2) is 4.38. The number of nitrogens with zero attached hydrogens (tertiary/aromatic N) is 1. The van der Waals surface area contributed by atoms with E-state index in [9.17, 15) is 0 Å². The van der Waals surface area contributed by atoms with Crippen molar-refractivity contribution in [3.05, 3.63) is 35.9 Å². The van der Waals surface area contributed by atoms with Gasteiger partial charge in [-0.2, -0.15) is 0 Å². The van der Waals surface area contributed by atoms with Gasteiger partial charge in [0, 0.05) is 6.54 Å². The molecule has 0 aromatic heterocycles. The molecule has 0 atom stereocenters. The minimum atomic E-state index is 0.158. The maximum absolute atomic E-state index is 5.18. The largest absolute Gasteiger partial charge is 0.370 e. The van der Waals surface area contributed by atoms with Crippen molar-refractivity contribution in [3.8, 4) is 0 Å². The lowest BCUT2D eigenvalue weighted by Crippen LogP contribution is -2.23. The summed E-state index contributed by atoms with van der Waals surface area (Å²) in [6.45, 7) is 0.659. The maximum Gasteiger partial charge on any atom is 0.185 e. The van der Waals surface area contributed by atoms with Crippen LogP contribution in [0.5, 0.6) is 0 Å². The Morgan fingerprint density at radius 1 is 1.17 bits per heavy atom. The normalized spacial score (nSPS) is 9.33. The van der Waals surface area contributed by atoms with Crippen LogP contribution >= 0.6 is 0 Å². The summed E-state index contributed by atoms with van der Waals surface area (Å²) in [7, 11) is 0. The predicted octanol–water partition coefficient (Wildman–Crippen LogP) is 0.502. The van der Waals surface area contributed by atoms with Crippen molar-refractivity contribution in [2.45, 2.75) is 6.42 Å². The summed E-state index contributed by atoms with van der Waals surface area (Å²) in [5.41, 5.74) is 11.6. The van der Waals surface area contributed by atoms with Crippen LogP contribution in [0.4, 0.5) is 0 Å². The molecule has 12 heavy (non-hydrogen) atoms. The van der Waals surface area contributed by atoms with Crippen molar-refractivity contribution < 1.29 is 0 Å². The quantitative estimate of drug-likeness (QED) is 0.502. The molecule has 0 amide bonds. The average Bonchev–Trinajstić information content (AvgIpc) is 2.05. The van der Waals surface area contributed by atoms with Crippen LogP contribution in [0.1, 0.15) is 5.56 Å². The molecular formula is C9H13N3. The maximum atomic E-state index is 5.18. The molecule has 0 unspecified atom stereocenters. The van der Waals surface area contributed by atoms with E-state index in [0.29, 0.717) is 6.54 Å². The Morgan fingerprint density at radius 3 is 2.42 bits per heavy atom. The van der Waals surface area contributed by atoms with Crippen molar-refractivity contribution in [3.63, 3.8) is 0 Å². The van der Waals surface area contributed by atoms with Gasteiger partial charge in [-0.05, 0) is 12.0 Å². The van der Waals surface area contributed by atoms with E-state index in [-0.39, 0.29) is 5.96 Å². The molecule has 0 bridgehead atoms. The third-order valence-electron chi connectivity index (χ3n) is 1.54. The first kappa shape index (κ1) is 8.59. The second-order valence-electron chi connectivity index (χ2n) is 2.54. The van der Waals surface area contributed by atoms with E-state index in [0.717, 1.165) is 6.42 Å². The molecule has 0 radical (unpaired) electrons. The molecule has 0 aliphatic carbocycles. The van der Waals surface area contributed by atoms with Gasteiger partial charge in [0.1, 0.15) is 0 Å². The monoisotopic (exact) mass is 162 g/mol. The lowest BCUT2D eigenvalue weighted by Gasteiger charge is -1.96. The topological polar surface area (TPSA) is 64.4 Å². The third-order valence-corrected chi connectivity index (χ3v) is 1.54. The van der Waals surface area contributed by atoms with Gasteiger partial charge in [0.05, 0.1) is 0 Å². The molecule has 1 aromatic carbocycles. The fraction of sp³-hybridized carbons (Fsp3) is 0.222. The van der Waals surface area contributed by atoms with Crippen LogP contribution in [-0.2, 0) is 6.42 Å². The molecule has 0 fully saturated rings. The van der Waals surface area contributed by atoms with Crippen molar-refractivity contribution in [1.29, 1.82) is 0 Å². The summed E-state index contributed by atoms with van der Waals surface area (Å²) < 4.78 is 0. The highest BCUT2D eigenvalue weighted by Crippen LogP contribution is 1.98. The third kappa shape index (κ3) is 3.05. The van der Waals surface area contributed by atoms with Gasteiger partial charge in [0.15, 0.2) is 5.96 Å². The van der Waals surface area contributed by atoms with Crippen LogP contribution in [0.3, 0.4) is 0 Å². The Labute approximate surface area is 72.1 Å². The molecule has 4 N–H and O–H groups in total. The smallest absolute Gasteiger partial charge is 0.185 e. The van der Waals surface area contributed by atoms with E-state index in [4.69, 9.17) is 11.5 Å². The minimum Gasteiger partial charge on any atom is -0.370 e. The number of guanidine groups is 1. The standard InChI is InChI=1S/C9H13N3/c10-9(11)12-7-6-8-4-2-1-3-5-8/h1-5H,6-7H2,(H4,10,11,12)/i9-1. The lowest BCUT2D eigenvalue weighted by atomic mass is 10.1. The Morgan fingerprint density at radius 2 is 1.83 bits per heavy atom. The molecule has 0 saturated heterocycles. The fourth-order valence-corrected chi connectivity index (χ4v) is 0.959. The van der Waals surface area contributed by atoms with Gasteiger partial charge in [0.2, 0.25) is 0 Å². The number of nitrogens with two attached hydrogens (primary N) is 2. The van der Waals surface area contributed by atoms with Crippen LogP contribution in [0, 0.1) is 0 Å². The SMILES string of the molecule is N[11C](N)=NCCc1ccccc1. The highest BCUT2D eigenvalue weighted by atomic mass is 14.8. The van der Waals surface area contributed by atoms with Gasteiger partial charge >= 0.3 is 0 Å². The van der Waals surface area contributed by atoms with E-state index in [1.165, 1.54) is 5.56 Å². The van der Waals surface area contributed by atoms with Crippen molar-refractivity contribution in [1.82, 2.24) is 0 Å². The number of rotatable bonds is 3. The highest BCUT2D eigenvalue weighted by molar-refractivity contribution is 5.75. The van der Waals surface area contributed by atoms with Gasteiger partial charge in [-0.15, -0.1) is 0 Å². The van der Waals surface area contributed by atoms with Crippen molar-refractivity contribution in [2.75, 3.05) is 6.54 Å². The molecule has 64 valence electrons. The summed E-state index contributed by atoms with van der Waals surface area (Å²) in [6.07, 6.45) is 0.888. The van der Waals surface area contributed by atoms with Crippen LogP contribution < -0.4 is 11.5 Å². The molecule has 3 heteroatoms. The van der Waals surface area contributed by atoms with Crippen LogP contribution in [0.15, 0.2) is 35.3 Å². The van der Waals surface area contributed by atoms with E-state index in [1.54, 1.807) is 0 Å². The van der Waals surface area contributed by atoms with Crippen molar-refractivity contribution >= 4 is 5.96 Å². The fourth-order valence-electron chi connectivity index (χ4n) is 0.959. The highest BCUT2D eigenvalue weighted by Gasteiger charge is 1.88. The predicted molar refractivity (Wildman–Crippen MR) is 50.8 cm³/mol. The molecule has 0 aliphatic rings. The van der Waals surface area contributed by atoms with Gasteiger partial charge < -0.3 is 11.5 Å². The van der Waals surface area contributed by atoms with Gasteiger partial charge in [-0.3, -0.25) is 4.99 Å². The zero-order valence-corrected chi connectivity index (χ0v) is 6.90. The van der Waals surface area contributed by atoms with E-state index in [1.807, 2.05) is 18.2 Å². The number of hydrogen-bond acceptors (Lipinski definition) is 1. The second-order valence-corrected chi connectivity index (χ2v) is 2.54. The summed E-state index contributed by atoms with van der Waals surface area (Å²) in [4.78, 5) is 3.89. The summed E-state index contributed by atoms with van der Waals surface area (Å²) >= 11 is 0. The number of benzene rings is 1. The molecule has 0 spiro atoms. The Bertz CT molecular complexity index is 250. The van der Waals surface area contributed by atoms with E-state index >= 15 is 0 Å². The first-order valence-corrected chi connectivity index (χ1v) is 3.88. The Hall–Kier alpha value is -1.51. The molecule has 1 rings (SSSR count). The molecule has 3 nitrogen and oxygen atoms in total. The summed E-state index contributed by atoms with van der Waals surface area (Å²) in [6, 6.07) is 10.1. The van der Waals surface area contributed by atoms with Crippen LogP contribution in [0.2, 0.25) is 0 Å². The molecule has 0 aliphatic heterocycles. The van der Waals surface area contributed by atoms with Crippen LogP contribution in [-0.4, -0.2) is 12.5 Å². The molecular weight excluding hydrogens is 149 g/mol. The van der Waals surface area contributed by atoms with E-state index in [2.05, 4.69) is 17.1 Å². The van der Waals surface area contributed by atoms with Crippen molar-refractivity contribution in [2.24, 2.45) is 16.5 Å². The number of aliphatic imine (C=N–C) groups is 1. The summed E-state index contributed by atoms with van der Waals surface area (Å²) in [5.74, 6) is 0.158. The van der Waals surface area contributed by atoms with Gasteiger partial charge in [-0.25, -0.2) is 0 Å². The average molecular weight is 162 g/mol. The van der Waals surface area contributed by atoms with Gasteiger partial charge in [0.25, 0.3) is 0 Å². The van der Waals surface area contributed by atoms with E-state index < -0.39 is 0 Å². The number of hydrogen-bond donors (Lipinski definition) is 2. The molecule has 0 heterocycles. The Kier molecular flexibility index (Phi) is 3.14. The van der Waals surface area contributed by atoms with Gasteiger partial charge in [-0.1, -0.05) is 30.3 Å². The summed E-state index contributed by atoms with van der Waals surface area (Å²) in [5, 5.41) is 0. The lowest BCUT2D eigenvalue weighted by molar-refractivity contribution is 0.962. The van der Waals surface area contributed by atoms with Crippen LogP contribution in [0.25, 0.3) is 0 Å². The zero-order chi connectivity index (χ0) is 8.81. The first-order chi connectivity index (χ1) is 5.79.